The number of carbonyl (C=O) groups is 1. The number of aromatic nitrogens is 2. The normalized spacial score (nSPS) is 14.4. The molecule has 0 atom stereocenters. The Kier molecular flexibility index (Phi) is 3.19. The van der Waals surface area contributed by atoms with Crippen molar-refractivity contribution in [1.82, 2.24) is 14.6 Å². The third-order valence-corrected chi connectivity index (χ3v) is 4.52. The number of amides is 1. The molecule has 4 rings (SSSR count). The Balaban J connectivity index is 1.68. The highest BCUT2D eigenvalue weighted by Crippen LogP contribution is 2.30. The van der Waals surface area contributed by atoms with Crippen molar-refractivity contribution in [2.75, 3.05) is 18.6 Å². The second kappa shape index (κ2) is 5.13. The van der Waals surface area contributed by atoms with E-state index in [1.807, 2.05) is 43.4 Å². The number of pyridine rings is 1. The number of anilines is 1. The highest BCUT2D eigenvalue weighted by molar-refractivity contribution is 9.10. The molecule has 0 radical (unpaired) electrons. The number of hydrogen-bond donors (Lipinski definition) is 0. The molecule has 6 nitrogen and oxygen atoms in total. The minimum absolute atomic E-state index is 0.114. The van der Waals surface area contributed by atoms with Crippen LogP contribution in [-0.2, 0) is 6.42 Å². The minimum atomic E-state index is -0.114. The van der Waals surface area contributed by atoms with Crippen LogP contribution >= 0.6 is 15.9 Å². The van der Waals surface area contributed by atoms with Crippen LogP contribution in [0.1, 0.15) is 22.0 Å². The summed E-state index contributed by atoms with van der Waals surface area (Å²) in [5, 5.41) is 7.94. The van der Waals surface area contributed by atoms with E-state index in [0.29, 0.717) is 18.7 Å². The first-order chi connectivity index (χ1) is 11.0. The Hall–Kier alpha value is -2.28. The minimum Gasteiger partial charge on any atom is -0.464 e. The fraction of sp³-hybridized carbons (Fsp3) is 0.250. The molecule has 0 N–H and O–H groups in total. The Bertz CT molecular complexity index is 914. The van der Waals surface area contributed by atoms with Gasteiger partial charge in [0.15, 0.2) is 5.69 Å². The lowest BCUT2D eigenvalue weighted by Crippen LogP contribution is -2.48. The van der Waals surface area contributed by atoms with Crippen LogP contribution < -0.4 is 5.01 Å². The third-order valence-electron chi connectivity index (χ3n) is 4.05. The van der Waals surface area contributed by atoms with Gasteiger partial charge in [0.25, 0.3) is 5.91 Å². The maximum atomic E-state index is 12.8. The van der Waals surface area contributed by atoms with Crippen molar-refractivity contribution in [3.63, 3.8) is 0 Å². The largest absolute Gasteiger partial charge is 0.464 e. The SMILES string of the molecule is Cc1cc2c(o1)CCN(C(=O)c1cc3ccc(Br)cn3n1)N2C. The van der Waals surface area contributed by atoms with Gasteiger partial charge in [-0.15, -0.1) is 0 Å². The first kappa shape index (κ1) is 14.3. The predicted octanol–water partition coefficient (Wildman–Crippen LogP) is 3.05. The monoisotopic (exact) mass is 374 g/mol. The van der Waals surface area contributed by atoms with Crippen molar-refractivity contribution in [3.05, 3.63) is 52.1 Å². The molecule has 3 aromatic rings. The van der Waals surface area contributed by atoms with E-state index in [2.05, 4.69) is 21.0 Å². The number of rotatable bonds is 1. The van der Waals surface area contributed by atoms with Crippen LogP contribution in [0.4, 0.5) is 5.69 Å². The Morgan fingerprint density at radius 2 is 2.17 bits per heavy atom. The number of nitrogens with zero attached hydrogens (tertiary/aromatic N) is 4. The molecule has 0 spiro atoms. The van der Waals surface area contributed by atoms with Gasteiger partial charge in [-0.1, -0.05) is 0 Å². The van der Waals surface area contributed by atoms with E-state index in [1.54, 1.807) is 15.6 Å². The number of hydrogen-bond acceptors (Lipinski definition) is 4. The number of fused-ring (bicyclic) bond motifs is 2. The van der Waals surface area contributed by atoms with E-state index >= 15 is 0 Å². The molecule has 4 heterocycles. The summed E-state index contributed by atoms with van der Waals surface area (Å²) < 4.78 is 8.29. The zero-order valence-electron chi connectivity index (χ0n) is 12.8. The van der Waals surface area contributed by atoms with Crippen molar-refractivity contribution in [2.24, 2.45) is 0 Å². The second-order valence-corrected chi connectivity index (χ2v) is 6.53. The summed E-state index contributed by atoms with van der Waals surface area (Å²) in [7, 11) is 1.87. The fourth-order valence-corrected chi connectivity index (χ4v) is 3.25. The highest BCUT2D eigenvalue weighted by atomic mass is 79.9. The van der Waals surface area contributed by atoms with E-state index in [4.69, 9.17) is 4.42 Å². The maximum Gasteiger partial charge on any atom is 0.292 e. The van der Waals surface area contributed by atoms with Gasteiger partial charge in [0.2, 0.25) is 0 Å². The lowest BCUT2D eigenvalue weighted by molar-refractivity contribution is 0.0728. The molecule has 1 aliphatic heterocycles. The molecular weight excluding hydrogens is 360 g/mol. The van der Waals surface area contributed by atoms with E-state index in [-0.39, 0.29) is 5.91 Å². The van der Waals surface area contributed by atoms with Crippen LogP contribution in [0.3, 0.4) is 0 Å². The van der Waals surface area contributed by atoms with Gasteiger partial charge in [0.05, 0.1) is 17.7 Å². The molecule has 0 aromatic carbocycles. The Morgan fingerprint density at radius 3 is 3.00 bits per heavy atom. The maximum absolute atomic E-state index is 12.8. The van der Waals surface area contributed by atoms with Gasteiger partial charge in [0.1, 0.15) is 11.5 Å². The quantitative estimate of drug-likeness (QED) is 0.656. The summed E-state index contributed by atoms with van der Waals surface area (Å²) in [5.74, 6) is 1.67. The number of furan rings is 1. The fourth-order valence-electron chi connectivity index (χ4n) is 2.93. The molecule has 0 saturated heterocycles. The summed E-state index contributed by atoms with van der Waals surface area (Å²) in [6, 6.07) is 7.61. The van der Waals surface area contributed by atoms with Crippen molar-refractivity contribution < 1.29 is 9.21 Å². The standard InChI is InChI=1S/C16H15BrN4O2/c1-10-7-14-15(23-10)5-6-21(19(14)2)16(22)13-8-12-4-3-11(17)9-20(12)18-13/h3-4,7-9H,5-6H2,1-2H3. The highest BCUT2D eigenvalue weighted by Gasteiger charge is 2.30. The van der Waals surface area contributed by atoms with Gasteiger partial charge in [0, 0.05) is 30.2 Å². The Morgan fingerprint density at radius 1 is 1.35 bits per heavy atom. The summed E-state index contributed by atoms with van der Waals surface area (Å²) in [6.45, 7) is 2.49. The first-order valence-electron chi connectivity index (χ1n) is 7.33. The van der Waals surface area contributed by atoms with Crippen LogP contribution in [-0.4, -0.2) is 34.1 Å². The van der Waals surface area contributed by atoms with Gasteiger partial charge in [-0.05, 0) is 41.1 Å². The predicted molar refractivity (Wildman–Crippen MR) is 89.5 cm³/mol. The van der Waals surface area contributed by atoms with Crippen LogP contribution in [0.25, 0.3) is 5.52 Å². The molecule has 7 heteroatoms. The van der Waals surface area contributed by atoms with E-state index in [9.17, 15) is 4.79 Å². The van der Waals surface area contributed by atoms with E-state index in [1.165, 1.54) is 0 Å². The lowest BCUT2D eigenvalue weighted by atomic mass is 10.2. The molecule has 23 heavy (non-hydrogen) atoms. The smallest absolute Gasteiger partial charge is 0.292 e. The van der Waals surface area contributed by atoms with E-state index in [0.717, 1.165) is 27.2 Å². The summed E-state index contributed by atoms with van der Waals surface area (Å²) >= 11 is 3.41. The first-order valence-corrected chi connectivity index (χ1v) is 8.12. The lowest BCUT2D eigenvalue weighted by Gasteiger charge is -2.35. The van der Waals surface area contributed by atoms with Crippen molar-refractivity contribution >= 4 is 33.0 Å². The molecule has 1 aliphatic rings. The molecule has 3 aromatic heterocycles. The van der Waals surface area contributed by atoms with Gasteiger partial charge < -0.3 is 4.42 Å². The van der Waals surface area contributed by atoms with Crippen molar-refractivity contribution in [1.29, 1.82) is 0 Å². The molecule has 0 unspecified atom stereocenters. The second-order valence-electron chi connectivity index (χ2n) is 5.61. The molecule has 0 aliphatic carbocycles. The molecular formula is C16H15BrN4O2. The topological polar surface area (TPSA) is 54.0 Å². The molecule has 0 fully saturated rings. The molecule has 0 bridgehead atoms. The summed E-state index contributed by atoms with van der Waals surface area (Å²) in [6.07, 6.45) is 2.54. The zero-order valence-corrected chi connectivity index (χ0v) is 14.4. The summed E-state index contributed by atoms with van der Waals surface area (Å²) in [4.78, 5) is 12.8. The van der Waals surface area contributed by atoms with Gasteiger partial charge >= 0.3 is 0 Å². The molecule has 0 saturated carbocycles. The van der Waals surface area contributed by atoms with Crippen molar-refractivity contribution in [3.8, 4) is 0 Å². The van der Waals surface area contributed by atoms with Gasteiger partial charge in [-0.3, -0.25) is 9.80 Å². The Labute approximate surface area is 141 Å². The number of hydrazine groups is 1. The third kappa shape index (κ3) is 2.31. The van der Waals surface area contributed by atoms with Crippen LogP contribution in [0.15, 0.2) is 39.4 Å². The molecule has 118 valence electrons. The summed E-state index contributed by atoms with van der Waals surface area (Å²) in [5.41, 5.74) is 2.25. The average molecular weight is 375 g/mol. The van der Waals surface area contributed by atoms with Crippen LogP contribution in [0.5, 0.6) is 0 Å². The van der Waals surface area contributed by atoms with Gasteiger partial charge in [-0.25, -0.2) is 9.52 Å². The van der Waals surface area contributed by atoms with Crippen LogP contribution in [0.2, 0.25) is 0 Å². The van der Waals surface area contributed by atoms with Crippen molar-refractivity contribution in [2.45, 2.75) is 13.3 Å². The zero-order chi connectivity index (χ0) is 16.1. The number of halogens is 1. The average Bonchev–Trinajstić information content (AvgIpc) is 3.09. The van der Waals surface area contributed by atoms with E-state index < -0.39 is 0 Å². The number of carbonyl (C=O) groups excluding carboxylic acids is 1. The number of aryl methyl sites for hydroxylation is 1. The molecule has 1 amide bonds. The van der Waals surface area contributed by atoms with Gasteiger partial charge in [-0.2, -0.15) is 5.10 Å². The van der Waals surface area contributed by atoms with Crippen LogP contribution in [0, 0.1) is 6.92 Å².